The second kappa shape index (κ2) is 34.8. The molecule has 1 aliphatic carbocycles. The summed E-state index contributed by atoms with van der Waals surface area (Å²) in [5, 5.41) is 32.6. The fourth-order valence-electron chi connectivity index (χ4n) is 12.0. The van der Waals surface area contributed by atoms with Gasteiger partial charge < -0.3 is 50.3 Å². The molecule has 0 bridgehead atoms. The van der Waals surface area contributed by atoms with Crippen LogP contribution in [-0.2, 0) is 39.4 Å². The van der Waals surface area contributed by atoms with Gasteiger partial charge in [0.2, 0.25) is 22.2 Å². The van der Waals surface area contributed by atoms with E-state index in [9.17, 15) is 45.1 Å². The van der Waals surface area contributed by atoms with Crippen molar-refractivity contribution in [1.29, 1.82) is 0 Å². The van der Waals surface area contributed by atoms with Crippen LogP contribution in [0.25, 0.3) is 12.2 Å². The van der Waals surface area contributed by atoms with Gasteiger partial charge in [0.15, 0.2) is 16.7 Å². The maximum atomic E-state index is 13.9. The number of thiazole rings is 2. The van der Waals surface area contributed by atoms with E-state index in [0.717, 1.165) is 129 Å². The second-order valence-corrected chi connectivity index (χ2v) is 30.4. The number of azo groups is 2. The highest BCUT2D eigenvalue weighted by Crippen LogP contribution is 2.45. The van der Waals surface area contributed by atoms with E-state index in [1.807, 2.05) is 39.8 Å². The Kier molecular flexibility index (Phi) is 25.8. The lowest BCUT2D eigenvalue weighted by molar-refractivity contribution is -0.120. The van der Waals surface area contributed by atoms with Crippen LogP contribution in [-0.4, -0.2) is 146 Å². The first-order valence-corrected chi connectivity index (χ1v) is 39.3. The molecule has 546 valence electrons. The van der Waals surface area contributed by atoms with Gasteiger partial charge in [0, 0.05) is 81.1 Å². The molecule has 5 heterocycles. The number of benzene rings is 4. The Bertz CT molecular complexity index is 4320. The largest absolute Gasteiger partial charge is 0.494 e. The van der Waals surface area contributed by atoms with Crippen LogP contribution in [0.4, 0.5) is 79.3 Å². The molecule has 2 aliphatic heterocycles. The summed E-state index contributed by atoms with van der Waals surface area (Å²) in [5.41, 5.74) is 3.01. The first-order chi connectivity index (χ1) is 49.4. The standard InChI is InChI=1S/C69H83N17O12S5/c1-9-83(10-2)55-38-51(53(40-57(55)97-7)79-81-68-74-61(85-32-18-14-19-33-85)59(100-68)36-49(42(5)87)63(89)70-44-24-28-47(29-25-44)102(91,92)93)72-65-76-66(78-67(77-65)99-46-22-16-13-17-23-46)73-52-39-56(84(11-3)12-4)58(98-8)41-54(52)80-82-69-75-62(86-34-20-15-21-35-86)60(101-69)37-50(43(6)88)64(90)71-45-26-30-48(31-27-45)103(94,95)96/h24-31,36-41,46H,9-23,32-35H2,1-8H3,(H,70,89)(H,71,90)(H,91,92,93)(H,94,95,96)(H2,72,73,76,77,78)/b49-36-,50-37+,81-79?,82-80?. The zero-order valence-corrected chi connectivity index (χ0v) is 62.5. The first-order valence-electron chi connectivity index (χ1n) is 33.9. The van der Waals surface area contributed by atoms with Crippen LogP contribution < -0.4 is 50.3 Å². The van der Waals surface area contributed by atoms with E-state index >= 15 is 0 Å². The van der Waals surface area contributed by atoms with E-state index in [4.69, 9.17) is 54.9 Å². The lowest BCUT2D eigenvalue weighted by Crippen LogP contribution is -2.30. The maximum Gasteiger partial charge on any atom is 0.294 e. The molecule has 2 saturated heterocycles. The smallest absolute Gasteiger partial charge is 0.294 e. The van der Waals surface area contributed by atoms with Crippen molar-refractivity contribution in [2.24, 2.45) is 20.5 Å². The van der Waals surface area contributed by atoms with E-state index in [1.54, 1.807) is 38.1 Å². The van der Waals surface area contributed by atoms with Crippen LogP contribution in [0.2, 0.25) is 0 Å². The average Bonchev–Trinajstić information content (AvgIpc) is 1.52. The third kappa shape index (κ3) is 19.7. The second-order valence-electron chi connectivity index (χ2n) is 24.3. The molecular weight excluding hydrogens is 1420 g/mol. The first kappa shape index (κ1) is 76.3. The number of amides is 2. The highest BCUT2D eigenvalue weighted by Gasteiger charge is 2.28. The number of anilines is 10. The normalized spacial score (nSPS) is 15.0. The quantitative estimate of drug-likeness (QED) is 0.00800. The number of nitrogens with zero attached hydrogens (tertiary/aromatic N) is 13. The van der Waals surface area contributed by atoms with Gasteiger partial charge in [-0.05, 0) is 166 Å². The van der Waals surface area contributed by atoms with Crippen LogP contribution >= 0.6 is 34.4 Å². The molecule has 0 unspecified atom stereocenters. The van der Waals surface area contributed by atoms with Crippen LogP contribution in [0.5, 0.6) is 11.5 Å². The Morgan fingerprint density at radius 3 is 1.28 bits per heavy atom. The number of ether oxygens (including phenoxy) is 2. The summed E-state index contributed by atoms with van der Waals surface area (Å²) in [7, 11) is -5.83. The molecule has 3 fully saturated rings. The summed E-state index contributed by atoms with van der Waals surface area (Å²) in [5.74, 6) is -0.221. The minimum Gasteiger partial charge on any atom is -0.494 e. The number of carbonyl (C=O) groups is 4. The lowest BCUT2D eigenvalue weighted by Gasteiger charge is -2.27. The van der Waals surface area contributed by atoms with Crippen molar-refractivity contribution in [1.82, 2.24) is 24.9 Å². The average molecular weight is 1500 g/mol. The fourth-order valence-corrected chi connectivity index (χ4v) is 15.8. The predicted octanol–water partition coefficient (Wildman–Crippen LogP) is 14.9. The highest BCUT2D eigenvalue weighted by atomic mass is 32.2. The molecule has 103 heavy (non-hydrogen) atoms. The van der Waals surface area contributed by atoms with Crippen molar-refractivity contribution in [3.8, 4) is 11.5 Å². The zero-order valence-electron chi connectivity index (χ0n) is 58.4. The molecule has 2 amide bonds. The molecule has 34 heteroatoms. The monoisotopic (exact) mass is 1500 g/mol. The van der Waals surface area contributed by atoms with Gasteiger partial charge >= 0.3 is 0 Å². The number of Topliss-reactive ketones (excluding diaryl/α,β-unsaturated/α-hetero) is 2. The number of hydrogen-bond donors (Lipinski definition) is 6. The van der Waals surface area contributed by atoms with E-state index in [-0.39, 0.29) is 59.7 Å². The summed E-state index contributed by atoms with van der Waals surface area (Å²) >= 11 is 3.83. The number of rotatable bonds is 30. The van der Waals surface area contributed by atoms with E-state index in [1.165, 1.54) is 50.3 Å². The SMILES string of the molecule is CCN(CC)c1cc(Nc2nc(Nc3cc(N(CC)CC)c(OC)cc3N=Nc3nc(N4CCCCC4)c(/C=C(\C(C)=O)C(=O)Nc4ccc(S(=O)(=O)O)cc4)s3)nc(SC3CCCCC3)n2)c(N=Nc2nc(N3CCCCC3)c(/C=C(/C(C)=O)C(=O)Nc3ccc(S(=O)(=O)O)cc3)s2)cc1OC. The highest BCUT2D eigenvalue weighted by molar-refractivity contribution is 7.99. The van der Waals surface area contributed by atoms with Gasteiger partial charge in [-0.3, -0.25) is 28.3 Å². The third-order valence-corrected chi connectivity index (χ3v) is 22.1. The maximum absolute atomic E-state index is 13.9. The molecule has 1 saturated carbocycles. The third-order valence-electron chi connectivity index (χ3n) is 17.4. The fraction of sp³-hybridized carbons (Fsp3) is 0.406. The minimum atomic E-state index is -4.49. The predicted molar refractivity (Wildman–Crippen MR) is 404 cm³/mol. The van der Waals surface area contributed by atoms with Crippen molar-refractivity contribution >= 4 is 169 Å². The van der Waals surface area contributed by atoms with Crippen molar-refractivity contribution in [2.45, 2.75) is 132 Å². The number of thioether (sulfide) groups is 1. The number of aromatic nitrogens is 5. The van der Waals surface area contributed by atoms with E-state index < -0.39 is 43.6 Å². The van der Waals surface area contributed by atoms with Gasteiger partial charge in [-0.15, -0.1) is 20.5 Å². The number of piperidine rings is 2. The number of hydrogen-bond acceptors (Lipinski definition) is 28. The molecule has 0 radical (unpaired) electrons. The Morgan fingerprint density at radius 1 is 0.553 bits per heavy atom. The number of ketones is 2. The molecule has 6 N–H and O–H groups in total. The molecular formula is C69H83N17O12S5. The molecule has 7 aromatic rings. The van der Waals surface area contributed by atoms with Crippen molar-refractivity contribution in [3.05, 3.63) is 93.7 Å². The summed E-state index contributed by atoms with van der Waals surface area (Å²) in [6.45, 7) is 15.9. The summed E-state index contributed by atoms with van der Waals surface area (Å²) in [6, 6.07) is 17.1. The lowest BCUT2D eigenvalue weighted by atomic mass is 10.0. The van der Waals surface area contributed by atoms with E-state index in [0.29, 0.717) is 113 Å². The van der Waals surface area contributed by atoms with Gasteiger partial charge in [0.25, 0.3) is 32.1 Å². The Labute approximate surface area is 610 Å². The molecule has 4 aromatic carbocycles. The minimum absolute atomic E-state index is 0.157. The van der Waals surface area contributed by atoms with Gasteiger partial charge in [-0.25, -0.2) is 0 Å². The molecule has 29 nitrogen and oxygen atoms in total. The Hall–Kier alpha value is -9.32. The van der Waals surface area contributed by atoms with Gasteiger partial charge in [-0.2, -0.15) is 41.8 Å². The number of carbonyl (C=O) groups excluding carboxylic acids is 4. The molecule has 10 rings (SSSR count). The van der Waals surface area contributed by atoms with Crippen LogP contribution in [0.3, 0.4) is 0 Å². The Balaban J connectivity index is 1.04. The van der Waals surface area contributed by atoms with E-state index in [2.05, 4.69) is 40.9 Å². The topological polar surface area (TPSA) is 370 Å². The number of nitrogens with one attached hydrogen (secondary N) is 4. The van der Waals surface area contributed by atoms with Gasteiger partial charge in [0.05, 0.1) is 67.7 Å². The van der Waals surface area contributed by atoms with Crippen LogP contribution in [0, 0.1) is 0 Å². The van der Waals surface area contributed by atoms with Crippen LogP contribution in [0.15, 0.2) is 119 Å². The Morgan fingerprint density at radius 2 is 0.932 bits per heavy atom. The molecule has 3 aromatic heterocycles. The summed E-state index contributed by atoms with van der Waals surface area (Å²) < 4.78 is 78.0. The van der Waals surface area contributed by atoms with Gasteiger partial charge in [0.1, 0.15) is 34.5 Å². The molecule has 0 spiro atoms. The molecule has 3 aliphatic rings. The summed E-state index contributed by atoms with van der Waals surface area (Å²) in [4.78, 5) is 88.1. The van der Waals surface area contributed by atoms with Gasteiger partial charge in [-0.1, -0.05) is 53.7 Å². The number of methoxy groups -OCH3 is 2. The van der Waals surface area contributed by atoms with Crippen molar-refractivity contribution in [3.63, 3.8) is 0 Å². The van der Waals surface area contributed by atoms with Crippen molar-refractivity contribution in [2.75, 3.05) is 107 Å². The van der Waals surface area contributed by atoms with Crippen LogP contribution in [0.1, 0.15) is 122 Å². The molecule has 0 atom stereocenters. The zero-order chi connectivity index (χ0) is 73.5. The summed E-state index contributed by atoms with van der Waals surface area (Å²) in [6.07, 6.45) is 13.7. The van der Waals surface area contributed by atoms with Crippen molar-refractivity contribution < 1.29 is 54.6 Å².